The number of nitrogens with one attached hydrogen (secondary N) is 1. The number of nitrogens with zero attached hydrogens (tertiary/aromatic N) is 2. The molecule has 2 aromatic rings. The second-order valence-electron chi connectivity index (χ2n) is 7.66. The number of pyridine rings is 1. The standard InChI is InChI=1S/C22H27N3O2/c1-14-5-7-25(8-6-14)22(27)19-11-18(12-23-13-19)21(26)24-20-16(3)9-15(2)10-17(20)4/h9-14H,5-8H2,1-4H3,(H,24,26). The van der Waals surface area contributed by atoms with Crippen LogP contribution in [0, 0.1) is 26.7 Å². The van der Waals surface area contributed by atoms with Crippen molar-refractivity contribution >= 4 is 17.5 Å². The van der Waals surface area contributed by atoms with Crippen LogP contribution in [0.2, 0.25) is 0 Å². The molecule has 3 rings (SSSR count). The van der Waals surface area contributed by atoms with Gasteiger partial charge in [-0.05, 0) is 56.7 Å². The molecule has 27 heavy (non-hydrogen) atoms. The molecule has 1 aromatic heterocycles. The third-order valence-electron chi connectivity index (χ3n) is 5.23. The summed E-state index contributed by atoms with van der Waals surface area (Å²) in [6.07, 6.45) is 5.08. The molecule has 5 heteroatoms. The molecule has 0 spiro atoms. The lowest BCUT2D eigenvalue weighted by molar-refractivity contribution is 0.0697. The number of carbonyl (C=O) groups excluding carboxylic acids is 2. The Bertz CT molecular complexity index is 845. The predicted molar refractivity (Wildman–Crippen MR) is 107 cm³/mol. The summed E-state index contributed by atoms with van der Waals surface area (Å²) in [6.45, 7) is 9.72. The normalized spacial score (nSPS) is 14.9. The van der Waals surface area contributed by atoms with Crippen LogP contribution in [0.25, 0.3) is 0 Å². The number of amides is 2. The molecule has 1 N–H and O–H groups in total. The van der Waals surface area contributed by atoms with E-state index in [0.29, 0.717) is 17.0 Å². The van der Waals surface area contributed by atoms with E-state index in [4.69, 9.17) is 0 Å². The van der Waals surface area contributed by atoms with E-state index in [-0.39, 0.29) is 11.8 Å². The molecule has 1 aliphatic heterocycles. The number of likely N-dealkylation sites (tertiary alicyclic amines) is 1. The Morgan fingerprint density at radius 2 is 1.59 bits per heavy atom. The van der Waals surface area contributed by atoms with Crippen molar-refractivity contribution in [3.05, 3.63) is 58.4 Å². The molecule has 0 saturated carbocycles. The highest BCUT2D eigenvalue weighted by molar-refractivity contribution is 6.06. The number of benzene rings is 1. The molecule has 0 unspecified atom stereocenters. The first-order valence-electron chi connectivity index (χ1n) is 9.48. The van der Waals surface area contributed by atoms with Crippen LogP contribution in [0.3, 0.4) is 0 Å². The maximum atomic E-state index is 12.7. The first-order valence-corrected chi connectivity index (χ1v) is 9.48. The monoisotopic (exact) mass is 365 g/mol. The van der Waals surface area contributed by atoms with Gasteiger partial charge in [0, 0.05) is 31.2 Å². The molecular formula is C22H27N3O2. The van der Waals surface area contributed by atoms with E-state index < -0.39 is 0 Å². The zero-order valence-corrected chi connectivity index (χ0v) is 16.5. The van der Waals surface area contributed by atoms with Crippen LogP contribution in [-0.4, -0.2) is 34.8 Å². The van der Waals surface area contributed by atoms with Gasteiger partial charge in [0.15, 0.2) is 0 Å². The Morgan fingerprint density at radius 3 is 2.22 bits per heavy atom. The molecule has 5 nitrogen and oxygen atoms in total. The topological polar surface area (TPSA) is 62.3 Å². The van der Waals surface area contributed by atoms with Gasteiger partial charge in [-0.1, -0.05) is 24.6 Å². The Labute approximate surface area is 160 Å². The average molecular weight is 365 g/mol. The number of anilines is 1. The Kier molecular flexibility index (Phi) is 5.59. The molecule has 0 bridgehead atoms. The fraction of sp³-hybridized carbons (Fsp3) is 0.409. The molecule has 0 atom stereocenters. The third kappa shape index (κ3) is 4.35. The van der Waals surface area contributed by atoms with Crippen molar-refractivity contribution in [2.75, 3.05) is 18.4 Å². The molecule has 1 aliphatic rings. The van der Waals surface area contributed by atoms with Gasteiger partial charge in [-0.2, -0.15) is 0 Å². The number of carbonyl (C=O) groups is 2. The van der Waals surface area contributed by atoms with Gasteiger partial charge < -0.3 is 10.2 Å². The SMILES string of the molecule is Cc1cc(C)c(NC(=O)c2cncc(C(=O)N3CCC(C)CC3)c2)c(C)c1. The quantitative estimate of drug-likeness (QED) is 0.889. The lowest BCUT2D eigenvalue weighted by Gasteiger charge is -2.30. The first kappa shape index (κ1) is 19.1. The van der Waals surface area contributed by atoms with Crippen LogP contribution >= 0.6 is 0 Å². The van der Waals surface area contributed by atoms with Crippen molar-refractivity contribution in [1.29, 1.82) is 0 Å². The van der Waals surface area contributed by atoms with E-state index >= 15 is 0 Å². The van der Waals surface area contributed by atoms with Crippen molar-refractivity contribution in [3.63, 3.8) is 0 Å². The number of piperidine rings is 1. The van der Waals surface area contributed by atoms with Gasteiger partial charge in [-0.15, -0.1) is 0 Å². The first-order chi connectivity index (χ1) is 12.8. The average Bonchev–Trinajstić information content (AvgIpc) is 2.64. The van der Waals surface area contributed by atoms with Crippen LogP contribution in [0.4, 0.5) is 5.69 Å². The van der Waals surface area contributed by atoms with Crippen LogP contribution in [0.5, 0.6) is 0 Å². The predicted octanol–water partition coefficient (Wildman–Crippen LogP) is 4.13. The second-order valence-corrected chi connectivity index (χ2v) is 7.66. The number of rotatable bonds is 3. The van der Waals surface area contributed by atoms with Crippen molar-refractivity contribution in [2.24, 2.45) is 5.92 Å². The highest BCUT2D eigenvalue weighted by atomic mass is 16.2. The van der Waals surface area contributed by atoms with Gasteiger partial charge in [0.1, 0.15) is 0 Å². The lowest BCUT2D eigenvalue weighted by atomic mass is 9.98. The smallest absolute Gasteiger partial charge is 0.257 e. The van der Waals surface area contributed by atoms with Gasteiger partial charge in [0.2, 0.25) is 0 Å². The van der Waals surface area contributed by atoms with Gasteiger partial charge in [-0.3, -0.25) is 14.6 Å². The Hall–Kier alpha value is -2.69. The molecular weight excluding hydrogens is 338 g/mol. The van der Waals surface area contributed by atoms with E-state index in [0.717, 1.165) is 48.3 Å². The number of aryl methyl sites for hydroxylation is 3. The van der Waals surface area contributed by atoms with Crippen LogP contribution in [-0.2, 0) is 0 Å². The van der Waals surface area contributed by atoms with Crippen LogP contribution < -0.4 is 5.32 Å². The minimum Gasteiger partial charge on any atom is -0.339 e. The maximum absolute atomic E-state index is 12.7. The number of hydrogen-bond acceptors (Lipinski definition) is 3. The highest BCUT2D eigenvalue weighted by Gasteiger charge is 2.22. The van der Waals surface area contributed by atoms with E-state index in [1.807, 2.05) is 37.8 Å². The van der Waals surface area contributed by atoms with Gasteiger partial charge in [-0.25, -0.2) is 0 Å². The fourth-order valence-electron chi connectivity index (χ4n) is 3.64. The third-order valence-corrected chi connectivity index (χ3v) is 5.23. The summed E-state index contributed by atoms with van der Waals surface area (Å²) in [6, 6.07) is 5.72. The zero-order valence-electron chi connectivity index (χ0n) is 16.5. The van der Waals surface area contributed by atoms with Gasteiger partial charge in [0.25, 0.3) is 11.8 Å². The minimum absolute atomic E-state index is 0.0493. The summed E-state index contributed by atoms with van der Waals surface area (Å²) >= 11 is 0. The van der Waals surface area contributed by atoms with Crippen molar-refractivity contribution in [3.8, 4) is 0 Å². The molecule has 2 heterocycles. The van der Waals surface area contributed by atoms with E-state index in [1.54, 1.807) is 12.3 Å². The molecule has 2 amide bonds. The van der Waals surface area contributed by atoms with Gasteiger partial charge in [0.05, 0.1) is 11.1 Å². The minimum atomic E-state index is -0.250. The largest absolute Gasteiger partial charge is 0.339 e. The number of hydrogen-bond donors (Lipinski definition) is 1. The maximum Gasteiger partial charge on any atom is 0.257 e. The molecule has 142 valence electrons. The molecule has 1 aromatic carbocycles. The van der Waals surface area contributed by atoms with Crippen molar-refractivity contribution < 1.29 is 9.59 Å². The summed E-state index contributed by atoms with van der Waals surface area (Å²) in [7, 11) is 0. The number of aromatic nitrogens is 1. The van der Waals surface area contributed by atoms with E-state index in [2.05, 4.69) is 17.2 Å². The molecule has 1 saturated heterocycles. The van der Waals surface area contributed by atoms with Crippen molar-refractivity contribution in [2.45, 2.75) is 40.5 Å². The van der Waals surface area contributed by atoms with E-state index in [1.165, 1.54) is 6.20 Å². The zero-order chi connectivity index (χ0) is 19.6. The van der Waals surface area contributed by atoms with Crippen LogP contribution in [0.1, 0.15) is 57.2 Å². The molecule has 0 radical (unpaired) electrons. The van der Waals surface area contributed by atoms with Crippen molar-refractivity contribution in [1.82, 2.24) is 9.88 Å². The second kappa shape index (κ2) is 7.91. The fourth-order valence-corrected chi connectivity index (χ4v) is 3.64. The summed E-state index contributed by atoms with van der Waals surface area (Å²) in [5, 5.41) is 2.97. The molecule has 0 aliphatic carbocycles. The summed E-state index contributed by atoms with van der Waals surface area (Å²) in [4.78, 5) is 31.4. The van der Waals surface area contributed by atoms with Gasteiger partial charge >= 0.3 is 0 Å². The Balaban J connectivity index is 1.77. The lowest BCUT2D eigenvalue weighted by Crippen LogP contribution is -2.38. The van der Waals surface area contributed by atoms with E-state index in [9.17, 15) is 9.59 Å². The summed E-state index contributed by atoms with van der Waals surface area (Å²) in [5.74, 6) is 0.358. The summed E-state index contributed by atoms with van der Waals surface area (Å²) in [5.41, 5.74) is 4.87. The van der Waals surface area contributed by atoms with Crippen LogP contribution in [0.15, 0.2) is 30.6 Å². The molecule has 1 fully saturated rings. The highest BCUT2D eigenvalue weighted by Crippen LogP contribution is 2.23. The Morgan fingerprint density at radius 1 is 1.00 bits per heavy atom. The summed E-state index contributed by atoms with van der Waals surface area (Å²) < 4.78 is 0.